The highest BCUT2D eigenvalue weighted by molar-refractivity contribution is 5.80. The largest absolute Gasteiger partial charge is 0.496 e. The van der Waals surface area contributed by atoms with E-state index in [0.29, 0.717) is 18.2 Å². The lowest BCUT2D eigenvalue weighted by molar-refractivity contribution is -0.127. The average Bonchev–Trinajstić information content (AvgIpc) is 2.60. The molecule has 128 valence electrons. The maximum Gasteiger partial charge on any atom is 0.261 e. The summed E-state index contributed by atoms with van der Waals surface area (Å²) >= 11 is 0. The summed E-state index contributed by atoms with van der Waals surface area (Å²) < 4.78 is 11.0. The zero-order chi connectivity index (χ0) is 17.5. The van der Waals surface area contributed by atoms with Crippen molar-refractivity contribution < 1.29 is 14.3 Å². The van der Waals surface area contributed by atoms with Gasteiger partial charge < -0.3 is 14.8 Å². The minimum absolute atomic E-state index is 0.158. The van der Waals surface area contributed by atoms with Gasteiger partial charge >= 0.3 is 0 Å². The van der Waals surface area contributed by atoms with Crippen molar-refractivity contribution in [3.05, 3.63) is 59.7 Å². The van der Waals surface area contributed by atoms with Crippen molar-refractivity contribution >= 4 is 5.91 Å². The maximum atomic E-state index is 12.2. The number of nitrogens with one attached hydrogen (secondary N) is 1. The summed E-state index contributed by atoms with van der Waals surface area (Å²) in [6.07, 6.45) is -0.565. The summed E-state index contributed by atoms with van der Waals surface area (Å²) in [5.74, 6) is 1.77. The van der Waals surface area contributed by atoms with E-state index in [9.17, 15) is 4.79 Å². The molecule has 0 aliphatic rings. The number of methoxy groups -OCH3 is 1. The molecule has 2 rings (SSSR count). The van der Waals surface area contributed by atoms with Crippen LogP contribution in [-0.2, 0) is 11.3 Å². The lowest BCUT2D eigenvalue weighted by Crippen LogP contribution is -2.35. The molecular weight excluding hydrogens is 302 g/mol. The zero-order valence-corrected chi connectivity index (χ0v) is 14.7. The number of benzene rings is 2. The Hall–Kier alpha value is -2.49. The molecule has 0 radical (unpaired) electrons. The first-order chi connectivity index (χ1) is 11.5. The number of ether oxygens (including phenoxy) is 2. The van der Waals surface area contributed by atoms with Gasteiger partial charge in [0.2, 0.25) is 0 Å². The third-order valence-corrected chi connectivity index (χ3v) is 3.87. The molecule has 4 nitrogen and oxygen atoms in total. The van der Waals surface area contributed by atoms with Crippen LogP contribution in [0, 0.1) is 0 Å². The van der Waals surface area contributed by atoms with Gasteiger partial charge in [-0.1, -0.05) is 44.2 Å². The third-order valence-electron chi connectivity index (χ3n) is 3.87. The first kappa shape index (κ1) is 17.9. The van der Waals surface area contributed by atoms with E-state index >= 15 is 0 Å². The Labute approximate surface area is 143 Å². The Bertz CT molecular complexity index is 665. The fraction of sp³-hybridized carbons (Fsp3) is 0.350. The predicted octanol–water partition coefficient (Wildman–Crippen LogP) is 3.90. The number of hydrogen-bond acceptors (Lipinski definition) is 3. The molecule has 0 aromatic heterocycles. The van der Waals surface area contributed by atoms with Gasteiger partial charge in [0, 0.05) is 12.1 Å². The van der Waals surface area contributed by atoms with Crippen molar-refractivity contribution in [3.8, 4) is 11.5 Å². The molecule has 24 heavy (non-hydrogen) atoms. The van der Waals surface area contributed by atoms with E-state index in [2.05, 4.69) is 19.2 Å². The summed E-state index contributed by atoms with van der Waals surface area (Å²) in [5, 5.41) is 2.88. The minimum atomic E-state index is -0.565. The molecule has 2 aromatic carbocycles. The van der Waals surface area contributed by atoms with E-state index in [1.807, 2.05) is 48.5 Å². The number of para-hydroxylation sites is 1. The number of hydrogen-bond donors (Lipinski definition) is 1. The van der Waals surface area contributed by atoms with Crippen molar-refractivity contribution in [1.82, 2.24) is 5.32 Å². The number of carbonyl (C=O) groups excluding carboxylic acids is 1. The van der Waals surface area contributed by atoms with Crippen molar-refractivity contribution in [2.45, 2.75) is 39.3 Å². The second-order valence-electron chi connectivity index (χ2n) is 6.01. The molecule has 1 unspecified atom stereocenters. The highest BCUT2D eigenvalue weighted by Gasteiger charge is 2.15. The molecule has 4 heteroatoms. The lowest BCUT2D eigenvalue weighted by atomic mass is 10.0. The third kappa shape index (κ3) is 4.75. The van der Waals surface area contributed by atoms with Gasteiger partial charge in [0.05, 0.1) is 7.11 Å². The van der Waals surface area contributed by atoms with Gasteiger partial charge in [-0.15, -0.1) is 0 Å². The molecule has 0 bridgehead atoms. The first-order valence-corrected chi connectivity index (χ1v) is 8.17. The minimum Gasteiger partial charge on any atom is -0.496 e. The summed E-state index contributed by atoms with van der Waals surface area (Å²) in [4.78, 5) is 12.2. The van der Waals surface area contributed by atoms with Crippen LogP contribution >= 0.6 is 0 Å². The predicted molar refractivity (Wildman–Crippen MR) is 95.5 cm³/mol. The van der Waals surface area contributed by atoms with Gasteiger partial charge in [0.1, 0.15) is 11.5 Å². The fourth-order valence-corrected chi connectivity index (χ4v) is 2.36. The standard InChI is InChI=1S/C20H25NO3/c1-14(2)16-9-11-18(12-10-16)24-15(3)20(22)21-13-17-7-5-6-8-19(17)23-4/h5-12,14-15H,13H2,1-4H3,(H,21,22). The second kappa shape index (κ2) is 8.39. The number of amides is 1. The van der Waals surface area contributed by atoms with Crippen molar-refractivity contribution in [2.24, 2.45) is 0 Å². The maximum absolute atomic E-state index is 12.2. The van der Waals surface area contributed by atoms with Gasteiger partial charge in [0.25, 0.3) is 5.91 Å². The van der Waals surface area contributed by atoms with Crippen LogP contribution < -0.4 is 14.8 Å². The SMILES string of the molecule is COc1ccccc1CNC(=O)C(C)Oc1ccc(C(C)C)cc1. The topological polar surface area (TPSA) is 47.6 Å². The van der Waals surface area contributed by atoms with Crippen LogP contribution in [0.15, 0.2) is 48.5 Å². The highest BCUT2D eigenvalue weighted by atomic mass is 16.5. The van der Waals surface area contributed by atoms with Crippen molar-refractivity contribution in [2.75, 3.05) is 7.11 Å². The van der Waals surface area contributed by atoms with Crippen LogP contribution in [0.2, 0.25) is 0 Å². The molecule has 0 heterocycles. The van der Waals surface area contributed by atoms with Gasteiger partial charge in [-0.3, -0.25) is 4.79 Å². The Balaban J connectivity index is 1.90. The van der Waals surface area contributed by atoms with Gasteiger partial charge in [-0.05, 0) is 36.6 Å². The van der Waals surface area contributed by atoms with E-state index in [1.54, 1.807) is 14.0 Å². The molecule has 1 N–H and O–H groups in total. The molecule has 0 aliphatic carbocycles. The summed E-state index contributed by atoms with van der Waals surface area (Å²) in [6.45, 7) is 6.43. The van der Waals surface area contributed by atoms with E-state index < -0.39 is 6.10 Å². The van der Waals surface area contributed by atoms with E-state index in [1.165, 1.54) is 5.56 Å². The Morgan fingerprint density at radius 3 is 2.33 bits per heavy atom. The molecule has 2 aromatic rings. The smallest absolute Gasteiger partial charge is 0.261 e. The summed E-state index contributed by atoms with van der Waals surface area (Å²) in [6, 6.07) is 15.5. The first-order valence-electron chi connectivity index (χ1n) is 8.17. The molecule has 1 atom stereocenters. The monoisotopic (exact) mass is 327 g/mol. The van der Waals surface area contributed by atoms with Gasteiger partial charge in [0.15, 0.2) is 6.10 Å². The molecule has 0 saturated carbocycles. The van der Waals surface area contributed by atoms with Gasteiger partial charge in [-0.25, -0.2) is 0 Å². The zero-order valence-electron chi connectivity index (χ0n) is 14.7. The van der Waals surface area contributed by atoms with Crippen molar-refractivity contribution in [1.29, 1.82) is 0 Å². The lowest BCUT2D eigenvalue weighted by Gasteiger charge is -2.16. The van der Waals surface area contributed by atoms with Crippen LogP contribution in [-0.4, -0.2) is 19.1 Å². The van der Waals surface area contributed by atoms with Gasteiger partial charge in [-0.2, -0.15) is 0 Å². The molecular formula is C20H25NO3. The quantitative estimate of drug-likeness (QED) is 0.839. The van der Waals surface area contributed by atoms with E-state index in [4.69, 9.17) is 9.47 Å². The Kier molecular flexibility index (Phi) is 6.24. The van der Waals surface area contributed by atoms with Crippen LogP contribution in [0.5, 0.6) is 11.5 Å². The Morgan fingerprint density at radius 2 is 1.71 bits per heavy atom. The van der Waals surface area contributed by atoms with Crippen LogP contribution in [0.3, 0.4) is 0 Å². The fourth-order valence-electron chi connectivity index (χ4n) is 2.36. The molecule has 1 amide bonds. The normalized spacial score (nSPS) is 11.9. The highest BCUT2D eigenvalue weighted by Crippen LogP contribution is 2.20. The number of carbonyl (C=O) groups is 1. The second-order valence-corrected chi connectivity index (χ2v) is 6.01. The average molecular weight is 327 g/mol. The Morgan fingerprint density at radius 1 is 1.04 bits per heavy atom. The van der Waals surface area contributed by atoms with E-state index in [-0.39, 0.29) is 5.91 Å². The van der Waals surface area contributed by atoms with Crippen molar-refractivity contribution in [3.63, 3.8) is 0 Å². The summed E-state index contributed by atoms with van der Waals surface area (Å²) in [5.41, 5.74) is 2.18. The molecule has 0 aliphatic heterocycles. The molecule has 0 saturated heterocycles. The summed E-state index contributed by atoms with van der Waals surface area (Å²) in [7, 11) is 1.62. The van der Waals surface area contributed by atoms with E-state index in [0.717, 1.165) is 11.3 Å². The molecule has 0 spiro atoms. The van der Waals surface area contributed by atoms with Crippen LogP contribution in [0.4, 0.5) is 0 Å². The molecule has 0 fully saturated rings. The van der Waals surface area contributed by atoms with Crippen LogP contribution in [0.25, 0.3) is 0 Å². The number of rotatable bonds is 7. The van der Waals surface area contributed by atoms with Crippen LogP contribution in [0.1, 0.15) is 37.8 Å².